The second-order valence-electron chi connectivity index (χ2n) is 6.15. The van der Waals surface area contributed by atoms with E-state index in [1.807, 2.05) is 30.3 Å². The monoisotopic (exact) mass is 304 g/mol. The van der Waals surface area contributed by atoms with E-state index in [9.17, 15) is 9.90 Å². The number of aliphatic hydroxyl groups excluding tert-OH is 1. The van der Waals surface area contributed by atoms with Crippen molar-refractivity contribution in [1.29, 1.82) is 0 Å². The number of benzene rings is 1. The van der Waals surface area contributed by atoms with Crippen LogP contribution in [-0.2, 0) is 9.53 Å². The minimum Gasteiger partial charge on any atom is -0.388 e. The van der Waals surface area contributed by atoms with Gasteiger partial charge in [-0.1, -0.05) is 30.3 Å². The first kappa shape index (κ1) is 15.5. The molecule has 0 aromatic heterocycles. The summed E-state index contributed by atoms with van der Waals surface area (Å²) in [5.41, 5.74) is 0.770. The van der Waals surface area contributed by atoms with Gasteiger partial charge in [0.1, 0.15) is 0 Å². The number of ether oxygens (including phenoxy) is 1. The van der Waals surface area contributed by atoms with Crippen LogP contribution in [0.4, 0.5) is 0 Å². The summed E-state index contributed by atoms with van der Waals surface area (Å²) in [5, 5.41) is 12.9. The molecule has 2 unspecified atom stereocenters. The van der Waals surface area contributed by atoms with Gasteiger partial charge in [0.05, 0.1) is 25.2 Å². The van der Waals surface area contributed by atoms with Crippen molar-refractivity contribution in [3.05, 3.63) is 35.9 Å². The van der Waals surface area contributed by atoms with Crippen LogP contribution in [0.3, 0.4) is 0 Å². The van der Waals surface area contributed by atoms with Gasteiger partial charge in [-0.25, -0.2) is 0 Å². The summed E-state index contributed by atoms with van der Waals surface area (Å²) in [6, 6.07) is 10.0. The third-order valence-electron chi connectivity index (χ3n) is 4.32. The lowest BCUT2D eigenvalue weighted by Gasteiger charge is -2.33. The van der Waals surface area contributed by atoms with Crippen molar-refractivity contribution in [2.75, 3.05) is 26.2 Å². The van der Waals surface area contributed by atoms with Crippen LogP contribution < -0.4 is 5.32 Å². The fourth-order valence-electron chi connectivity index (χ4n) is 2.91. The SMILES string of the molecule is O=C(CC(O)c1ccccc1)NCC1CN(C2CC2)CCO1. The van der Waals surface area contributed by atoms with Crippen LogP contribution in [0.25, 0.3) is 0 Å². The molecule has 1 aliphatic carbocycles. The Balaban J connectivity index is 1.40. The first-order valence-electron chi connectivity index (χ1n) is 8.08. The third-order valence-corrected chi connectivity index (χ3v) is 4.32. The largest absolute Gasteiger partial charge is 0.388 e. The molecule has 1 aromatic carbocycles. The molecular formula is C17H24N2O3. The molecule has 5 nitrogen and oxygen atoms in total. The van der Waals surface area contributed by atoms with Crippen LogP contribution in [0.1, 0.15) is 30.9 Å². The van der Waals surface area contributed by atoms with E-state index in [1.165, 1.54) is 12.8 Å². The summed E-state index contributed by atoms with van der Waals surface area (Å²) >= 11 is 0. The van der Waals surface area contributed by atoms with Crippen molar-refractivity contribution in [2.45, 2.75) is 37.5 Å². The number of hydrogen-bond donors (Lipinski definition) is 2. The second-order valence-corrected chi connectivity index (χ2v) is 6.15. The molecule has 1 aliphatic heterocycles. The lowest BCUT2D eigenvalue weighted by atomic mass is 10.1. The standard InChI is InChI=1S/C17H24N2O3/c20-16(13-4-2-1-3-5-13)10-17(21)18-11-15-12-19(8-9-22-15)14-6-7-14/h1-5,14-16,20H,6-12H2,(H,18,21). The molecule has 22 heavy (non-hydrogen) atoms. The maximum absolute atomic E-state index is 12.0. The zero-order valence-electron chi connectivity index (χ0n) is 12.8. The number of hydrogen-bond acceptors (Lipinski definition) is 4. The maximum atomic E-state index is 12.0. The van der Waals surface area contributed by atoms with Gasteiger partial charge in [0.15, 0.2) is 0 Å². The van der Waals surface area contributed by atoms with Crippen LogP contribution in [0.5, 0.6) is 0 Å². The van der Waals surface area contributed by atoms with E-state index in [4.69, 9.17) is 4.74 Å². The Morgan fingerprint density at radius 2 is 2.14 bits per heavy atom. The fourth-order valence-corrected chi connectivity index (χ4v) is 2.91. The highest BCUT2D eigenvalue weighted by Crippen LogP contribution is 2.28. The number of amides is 1. The molecule has 1 amide bonds. The fraction of sp³-hybridized carbons (Fsp3) is 0.588. The van der Waals surface area contributed by atoms with E-state index in [-0.39, 0.29) is 18.4 Å². The van der Waals surface area contributed by atoms with E-state index in [2.05, 4.69) is 10.2 Å². The van der Waals surface area contributed by atoms with E-state index in [0.717, 1.165) is 31.3 Å². The molecule has 2 fully saturated rings. The lowest BCUT2D eigenvalue weighted by molar-refractivity contribution is -0.124. The first-order chi connectivity index (χ1) is 10.7. The number of carbonyl (C=O) groups excluding carboxylic acids is 1. The van der Waals surface area contributed by atoms with Gasteiger partial charge in [0.25, 0.3) is 0 Å². The maximum Gasteiger partial charge on any atom is 0.223 e. The van der Waals surface area contributed by atoms with Gasteiger partial charge in [-0.2, -0.15) is 0 Å². The van der Waals surface area contributed by atoms with Gasteiger partial charge in [-0.05, 0) is 18.4 Å². The molecule has 0 radical (unpaired) electrons. The minimum absolute atomic E-state index is 0.0622. The number of morpholine rings is 1. The molecule has 0 bridgehead atoms. The van der Waals surface area contributed by atoms with E-state index < -0.39 is 6.10 Å². The van der Waals surface area contributed by atoms with Crippen LogP contribution >= 0.6 is 0 Å². The van der Waals surface area contributed by atoms with Crippen molar-refractivity contribution in [3.63, 3.8) is 0 Å². The quantitative estimate of drug-likeness (QED) is 0.826. The number of nitrogens with one attached hydrogen (secondary N) is 1. The van der Waals surface area contributed by atoms with Crippen molar-refractivity contribution in [2.24, 2.45) is 0 Å². The molecule has 1 aromatic rings. The third kappa shape index (κ3) is 4.29. The Kier molecular flexibility index (Phi) is 5.08. The van der Waals surface area contributed by atoms with Crippen LogP contribution in [0.15, 0.2) is 30.3 Å². The predicted molar refractivity (Wildman–Crippen MR) is 83.4 cm³/mol. The van der Waals surface area contributed by atoms with Crippen LogP contribution in [-0.4, -0.2) is 54.3 Å². The van der Waals surface area contributed by atoms with Crippen LogP contribution in [0, 0.1) is 0 Å². The molecule has 1 heterocycles. The molecule has 1 saturated carbocycles. The van der Waals surface area contributed by atoms with Gasteiger partial charge in [-0.3, -0.25) is 9.69 Å². The minimum atomic E-state index is -0.753. The Hall–Kier alpha value is -1.43. The van der Waals surface area contributed by atoms with Crippen molar-refractivity contribution >= 4 is 5.91 Å². The normalized spacial score (nSPS) is 24.0. The van der Waals surface area contributed by atoms with Crippen LogP contribution in [0.2, 0.25) is 0 Å². The molecule has 1 saturated heterocycles. The number of rotatable bonds is 6. The van der Waals surface area contributed by atoms with Gasteiger partial charge in [0.2, 0.25) is 5.91 Å². The average molecular weight is 304 g/mol. The number of carbonyl (C=O) groups is 1. The highest BCUT2D eigenvalue weighted by molar-refractivity contribution is 5.76. The number of nitrogens with zero attached hydrogens (tertiary/aromatic N) is 1. The molecule has 5 heteroatoms. The summed E-state index contributed by atoms with van der Waals surface area (Å²) < 4.78 is 5.71. The van der Waals surface area contributed by atoms with Gasteiger partial charge >= 0.3 is 0 Å². The van der Waals surface area contributed by atoms with Crippen molar-refractivity contribution < 1.29 is 14.6 Å². The molecule has 2 N–H and O–H groups in total. The number of aliphatic hydroxyl groups is 1. The second kappa shape index (κ2) is 7.22. The summed E-state index contributed by atoms with van der Waals surface area (Å²) in [6.45, 7) is 3.15. The van der Waals surface area contributed by atoms with E-state index in [1.54, 1.807) is 0 Å². The topological polar surface area (TPSA) is 61.8 Å². The highest BCUT2D eigenvalue weighted by Gasteiger charge is 2.32. The van der Waals surface area contributed by atoms with Gasteiger partial charge in [-0.15, -0.1) is 0 Å². The molecule has 2 aliphatic rings. The predicted octanol–water partition coefficient (Wildman–Crippen LogP) is 1.09. The molecule has 0 spiro atoms. The Morgan fingerprint density at radius 3 is 2.86 bits per heavy atom. The molecular weight excluding hydrogens is 280 g/mol. The Bertz CT molecular complexity index is 490. The Morgan fingerprint density at radius 1 is 1.36 bits per heavy atom. The Labute approximate surface area is 131 Å². The lowest BCUT2D eigenvalue weighted by Crippen LogP contribution is -2.48. The van der Waals surface area contributed by atoms with E-state index in [0.29, 0.717) is 6.54 Å². The summed E-state index contributed by atoms with van der Waals surface area (Å²) in [5.74, 6) is -0.136. The molecule has 2 atom stereocenters. The first-order valence-corrected chi connectivity index (χ1v) is 8.08. The zero-order valence-corrected chi connectivity index (χ0v) is 12.8. The summed E-state index contributed by atoms with van der Waals surface area (Å²) in [6.07, 6.45) is 1.98. The highest BCUT2D eigenvalue weighted by atomic mass is 16.5. The van der Waals surface area contributed by atoms with E-state index >= 15 is 0 Å². The summed E-state index contributed by atoms with van der Waals surface area (Å²) in [4.78, 5) is 14.4. The van der Waals surface area contributed by atoms with Crippen molar-refractivity contribution in [3.8, 4) is 0 Å². The zero-order chi connectivity index (χ0) is 15.4. The van der Waals surface area contributed by atoms with Gasteiger partial charge in [0, 0.05) is 25.7 Å². The van der Waals surface area contributed by atoms with Gasteiger partial charge < -0.3 is 15.2 Å². The molecule has 3 rings (SSSR count). The van der Waals surface area contributed by atoms with Crippen molar-refractivity contribution in [1.82, 2.24) is 10.2 Å². The summed E-state index contributed by atoms with van der Waals surface area (Å²) in [7, 11) is 0. The average Bonchev–Trinajstić information content (AvgIpc) is 3.39. The smallest absolute Gasteiger partial charge is 0.223 e. The molecule has 120 valence electrons.